The summed E-state index contributed by atoms with van der Waals surface area (Å²) in [4.78, 5) is 32.5. The van der Waals surface area contributed by atoms with Gasteiger partial charge in [-0.15, -0.1) is 11.3 Å². The lowest BCUT2D eigenvalue weighted by Crippen LogP contribution is -2.50. The predicted molar refractivity (Wildman–Crippen MR) is 95.5 cm³/mol. The molecule has 3 rings (SSSR count). The Morgan fingerprint density at radius 3 is 2.50 bits per heavy atom. The Kier molecular flexibility index (Phi) is 6.01. The van der Waals surface area contributed by atoms with Gasteiger partial charge in [0, 0.05) is 44.1 Å². The summed E-state index contributed by atoms with van der Waals surface area (Å²) in [7, 11) is 0. The first-order valence-corrected chi connectivity index (χ1v) is 9.79. The Hall–Kier alpha value is -1.69. The van der Waals surface area contributed by atoms with E-state index in [1.807, 2.05) is 15.2 Å². The third-order valence-corrected chi connectivity index (χ3v) is 5.58. The van der Waals surface area contributed by atoms with E-state index in [2.05, 4.69) is 4.98 Å². The average Bonchev–Trinajstić information content (AvgIpc) is 3.14. The molecular formula is C18H25N3O2S. The highest BCUT2D eigenvalue weighted by Gasteiger charge is 2.25. The number of hydrogen-bond donors (Lipinski definition) is 0. The summed E-state index contributed by atoms with van der Waals surface area (Å²) in [5.41, 5.74) is 2.57. The maximum atomic E-state index is 12.4. The van der Waals surface area contributed by atoms with Crippen LogP contribution in [0.15, 0.2) is 17.0 Å². The maximum Gasteiger partial charge on any atom is 0.246 e. The average molecular weight is 347 g/mol. The van der Waals surface area contributed by atoms with Crippen LogP contribution in [0.1, 0.15) is 44.2 Å². The molecule has 1 saturated heterocycles. The number of nitrogens with zero attached hydrogens (tertiary/aromatic N) is 3. The van der Waals surface area contributed by atoms with Gasteiger partial charge in [-0.25, -0.2) is 4.98 Å². The second-order valence-corrected chi connectivity index (χ2v) is 7.38. The molecule has 0 unspecified atom stereocenters. The van der Waals surface area contributed by atoms with Crippen LogP contribution >= 0.6 is 11.3 Å². The highest BCUT2D eigenvalue weighted by atomic mass is 32.1. The molecule has 2 aliphatic rings. The second-order valence-electron chi connectivity index (χ2n) is 6.66. The minimum Gasteiger partial charge on any atom is -0.339 e. The normalized spacial score (nSPS) is 19.8. The monoisotopic (exact) mass is 347 g/mol. The highest BCUT2D eigenvalue weighted by molar-refractivity contribution is 7.07. The summed E-state index contributed by atoms with van der Waals surface area (Å²) >= 11 is 1.51. The van der Waals surface area contributed by atoms with Crippen molar-refractivity contribution in [2.24, 2.45) is 5.92 Å². The predicted octanol–water partition coefficient (Wildman–Crippen LogP) is 2.80. The standard InChI is InChI=1S/C18H25N3O2S/c22-17(7-6-16-13-24-14-19-16)20-8-10-21(11-9-20)18(23)12-15-4-2-1-3-5-15/h6-7,13-15H,1-5,8-12H2/b7-6-. The van der Waals surface area contributed by atoms with Crippen molar-refractivity contribution >= 4 is 29.2 Å². The van der Waals surface area contributed by atoms with E-state index in [4.69, 9.17) is 0 Å². The number of thiazole rings is 1. The van der Waals surface area contributed by atoms with E-state index in [0.717, 1.165) is 5.69 Å². The first-order valence-electron chi connectivity index (χ1n) is 8.85. The van der Waals surface area contributed by atoms with Gasteiger partial charge in [0.1, 0.15) is 0 Å². The van der Waals surface area contributed by atoms with Gasteiger partial charge < -0.3 is 9.80 Å². The lowest BCUT2D eigenvalue weighted by molar-refractivity contribution is -0.138. The quantitative estimate of drug-likeness (QED) is 0.787. The summed E-state index contributed by atoms with van der Waals surface area (Å²) in [5, 5.41) is 1.91. The molecule has 0 aromatic carbocycles. The molecule has 0 atom stereocenters. The van der Waals surface area contributed by atoms with E-state index >= 15 is 0 Å². The summed E-state index contributed by atoms with van der Waals surface area (Å²) in [5.74, 6) is 0.848. The fourth-order valence-electron chi connectivity index (χ4n) is 3.51. The number of rotatable bonds is 4. The van der Waals surface area contributed by atoms with Crippen molar-refractivity contribution in [2.45, 2.75) is 38.5 Å². The van der Waals surface area contributed by atoms with E-state index in [1.165, 1.54) is 43.4 Å². The topological polar surface area (TPSA) is 53.5 Å². The molecule has 2 amide bonds. The van der Waals surface area contributed by atoms with Crippen molar-refractivity contribution in [1.82, 2.24) is 14.8 Å². The Balaban J connectivity index is 1.43. The summed E-state index contributed by atoms with van der Waals surface area (Å²) in [6, 6.07) is 0. The van der Waals surface area contributed by atoms with Gasteiger partial charge in [-0.2, -0.15) is 0 Å². The maximum absolute atomic E-state index is 12.4. The zero-order valence-corrected chi connectivity index (χ0v) is 14.8. The SMILES string of the molecule is O=C(/C=C\c1cscn1)N1CCN(C(=O)CC2CCCCC2)CC1. The smallest absolute Gasteiger partial charge is 0.246 e. The molecule has 0 radical (unpaired) electrons. The Morgan fingerprint density at radius 1 is 1.12 bits per heavy atom. The van der Waals surface area contributed by atoms with Gasteiger partial charge in [-0.3, -0.25) is 9.59 Å². The molecule has 0 bridgehead atoms. The summed E-state index contributed by atoms with van der Waals surface area (Å²) in [6.07, 6.45) is 10.3. The molecule has 130 valence electrons. The third kappa shape index (κ3) is 4.66. The van der Waals surface area contributed by atoms with Gasteiger partial charge >= 0.3 is 0 Å². The molecular weight excluding hydrogens is 322 g/mol. The van der Waals surface area contributed by atoms with Crippen molar-refractivity contribution in [2.75, 3.05) is 26.2 Å². The third-order valence-electron chi connectivity index (χ3n) is 4.98. The number of amides is 2. The van der Waals surface area contributed by atoms with E-state index in [-0.39, 0.29) is 11.8 Å². The number of hydrogen-bond acceptors (Lipinski definition) is 4. The molecule has 0 spiro atoms. The van der Waals surface area contributed by atoms with Gasteiger partial charge in [0.25, 0.3) is 0 Å². The van der Waals surface area contributed by atoms with Crippen LogP contribution in [0.4, 0.5) is 0 Å². The molecule has 1 aromatic heterocycles. The van der Waals surface area contributed by atoms with Gasteiger partial charge in [-0.05, 0) is 24.8 Å². The zero-order chi connectivity index (χ0) is 16.8. The Bertz CT molecular complexity index is 571. The van der Waals surface area contributed by atoms with Crippen molar-refractivity contribution in [3.05, 3.63) is 22.7 Å². The lowest BCUT2D eigenvalue weighted by atomic mass is 9.86. The first kappa shape index (κ1) is 17.1. The van der Waals surface area contributed by atoms with Crippen LogP contribution in [0.25, 0.3) is 6.08 Å². The van der Waals surface area contributed by atoms with Crippen molar-refractivity contribution in [3.8, 4) is 0 Å². The van der Waals surface area contributed by atoms with Gasteiger partial charge in [0.2, 0.25) is 11.8 Å². The van der Waals surface area contributed by atoms with E-state index < -0.39 is 0 Å². The Morgan fingerprint density at radius 2 is 1.83 bits per heavy atom. The van der Waals surface area contributed by atoms with Crippen LogP contribution in [0.2, 0.25) is 0 Å². The van der Waals surface area contributed by atoms with Crippen LogP contribution in [-0.2, 0) is 9.59 Å². The largest absolute Gasteiger partial charge is 0.339 e. The van der Waals surface area contributed by atoms with Crippen molar-refractivity contribution in [3.63, 3.8) is 0 Å². The molecule has 1 aromatic rings. The lowest BCUT2D eigenvalue weighted by Gasteiger charge is -2.35. The van der Waals surface area contributed by atoms with Crippen LogP contribution in [0, 0.1) is 5.92 Å². The van der Waals surface area contributed by atoms with Crippen LogP contribution in [0.5, 0.6) is 0 Å². The number of carbonyl (C=O) groups excluding carboxylic acids is 2. The van der Waals surface area contributed by atoms with Gasteiger partial charge in [0.15, 0.2) is 0 Å². The first-order chi connectivity index (χ1) is 11.7. The number of carbonyl (C=O) groups is 2. The molecule has 1 saturated carbocycles. The highest BCUT2D eigenvalue weighted by Crippen LogP contribution is 2.27. The molecule has 2 fully saturated rings. The Labute approximate surface area is 147 Å². The van der Waals surface area contributed by atoms with Gasteiger partial charge in [0.05, 0.1) is 11.2 Å². The summed E-state index contributed by atoms with van der Waals surface area (Å²) < 4.78 is 0. The molecule has 1 aliphatic carbocycles. The van der Waals surface area contributed by atoms with Crippen molar-refractivity contribution < 1.29 is 9.59 Å². The van der Waals surface area contributed by atoms with E-state index in [1.54, 1.807) is 17.7 Å². The molecule has 1 aliphatic heterocycles. The summed E-state index contributed by atoms with van der Waals surface area (Å²) in [6.45, 7) is 2.55. The van der Waals surface area contributed by atoms with Crippen molar-refractivity contribution in [1.29, 1.82) is 0 Å². The molecule has 0 N–H and O–H groups in total. The van der Waals surface area contributed by atoms with Crippen LogP contribution in [-0.4, -0.2) is 52.8 Å². The van der Waals surface area contributed by atoms with Crippen LogP contribution < -0.4 is 0 Å². The minimum absolute atomic E-state index is 0.00220. The molecule has 5 nitrogen and oxygen atoms in total. The van der Waals surface area contributed by atoms with Gasteiger partial charge in [-0.1, -0.05) is 19.3 Å². The molecule has 24 heavy (non-hydrogen) atoms. The number of aromatic nitrogens is 1. The molecule has 2 heterocycles. The number of piperazine rings is 1. The fourth-order valence-corrected chi connectivity index (χ4v) is 4.03. The second kappa shape index (κ2) is 8.42. The minimum atomic E-state index is 0.00220. The zero-order valence-electron chi connectivity index (χ0n) is 14.0. The fraction of sp³-hybridized carbons (Fsp3) is 0.611. The van der Waals surface area contributed by atoms with Crippen LogP contribution in [0.3, 0.4) is 0 Å². The molecule has 6 heteroatoms. The van der Waals surface area contributed by atoms with E-state index in [0.29, 0.717) is 38.5 Å². The van der Waals surface area contributed by atoms with E-state index in [9.17, 15) is 9.59 Å².